The van der Waals surface area contributed by atoms with Crippen molar-refractivity contribution in [3.8, 4) is 17.4 Å². The predicted molar refractivity (Wildman–Crippen MR) is 120 cm³/mol. The molecule has 4 N–H and O–H groups in total. The second-order valence-electron chi connectivity index (χ2n) is 6.68. The smallest absolute Gasteiger partial charge is 0.323 e. The summed E-state index contributed by atoms with van der Waals surface area (Å²) in [6.07, 6.45) is 1.44. The average molecular weight is 429 g/mol. The van der Waals surface area contributed by atoms with E-state index in [1.807, 2.05) is 24.3 Å². The van der Waals surface area contributed by atoms with Crippen LogP contribution < -0.4 is 25.8 Å². The van der Waals surface area contributed by atoms with Crippen molar-refractivity contribution in [2.75, 3.05) is 17.7 Å². The molecule has 2 aromatic heterocycles. The van der Waals surface area contributed by atoms with Crippen LogP contribution in [-0.4, -0.2) is 29.0 Å². The summed E-state index contributed by atoms with van der Waals surface area (Å²) in [6.45, 7) is 0. The first kappa shape index (κ1) is 20.6. The van der Waals surface area contributed by atoms with E-state index in [9.17, 15) is 9.59 Å². The molecule has 9 nitrogen and oxygen atoms in total. The van der Waals surface area contributed by atoms with Crippen molar-refractivity contribution in [1.29, 1.82) is 0 Å². The lowest BCUT2D eigenvalue weighted by Crippen LogP contribution is -2.20. The Morgan fingerprint density at radius 3 is 2.47 bits per heavy atom. The van der Waals surface area contributed by atoms with Gasteiger partial charge in [0.15, 0.2) is 0 Å². The number of para-hydroxylation sites is 1. The molecular weight excluding hydrogens is 410 g/mol. The highest BCUT2D eigenvalue weighted by Crippen LogP contribution is 2.27. The van der Waals surface area contributed by atoms with Gasteiger partial charge in [-0.1, -0.05) is 18.2 Å². The van der Waals surface area contributed by atoms with Gasteiger partial charge in [0.2, 0.25) is 5.88 Å². The Hall–Kier alpha value is -4.66. The number of hydrogen-bond donors (Lipinski definition) is 3. The maximum atomic E-state index is 12.5. The Balaban J connectivity index is 1.42. The molecule has 9 heteroatoms. The van der Waals surface area contributed by atoms with Crippen molar-refractivity contribution >= 4 is 34.2 Å². The van der Waals surface area contributed by atoms with Gasteiger partial charge in [0, 0.05) is 23.3 Å². The number of amides is 3. The highest BCUT2D eigenvalue weighted by atomic mass is 16.5. The number of urea groups is 1. The molecule has 0 fully saturated rings. The van der Waals surface area contributed by atoms with E-state index >= 15 is 0 Å². The van der Waals surface area contributed by atoms with E-state index in [1.54, 1.807) is 36.4 Å². The lowest BCUT2D eigenvalue weighted by molar-refractivity contribution is 0.0995. The van der Waals surface area contributed by atoms with Crippen LogP contribution >= 0.6 is 0 Å². The molecule has 160 valence electrons. The summed E-state index contributed by atoms with van der Waals surface area (Å²) < 4.78 is 11.0. The normalized spacial score (nSPS) is 10.4. The van der Waals surface area contributed by atoms with Gasteiger partial charge in [0.1, 0.15) is 22.9 Å². The van der Waals surface area contributed by atoms with E-state index in [0.29, 0.717) is 28.8 Å². The number of nitrogens with one attached hydrogen (secondary N) is 2. The largest absolute Gasteiger partial charge is 0.479 e. The van der Waals surface area contributed by atoms with Crippen LogP contribution in [0.15, 0.2) is 72.9 Å². The third-order valence-corrected chi connectivity index (χ3v) is 4.46. The summed E-state index contributed by atoms with van der Waals surface area (Å²) in [5.41, 5.74) is 7.10. The summed E-state index contributed by atoms with van der Waals surface area (Å²) in [6, 6.07) is 18.7. The molecule has 0 aliphatic rings. The lowest BCUT2D eigenvalue weighted by atomic mass is 10.2. The van der Waals surface area contributed by atoms with Gasteiger partial charge in [-0.3, -0.25) is 9.78 Å². The number of anilines is 2. The van der Waals surface area contributed by atoms with Gasteiger partial charge in [-0.15, -0.1) is 0 Å². The molecule has 4 rings (SSSR count). The molecule has 32 heavy (non-hydrogen) atoms. The number of carbonyl (C=O) groups is 2. The van der Waals surface area contributed by atoms with Crippen molar-refractivity contribution in [1.82, 2.24) is 9.97 Å². The van der Waals surface area contributed by atoms with Crippen molar-refractivity contribution in [3.63, 3.8) is 0 Å². The van der Waals surface area contributed by atoms with Gasteiger partial charge in [0.05, 0.1) is 12.6 Å². The quantitative estimate of drug-likeness (QED) is 0.422. The van der Waals surface area contributed by atoms with Gasteiger partial charge < -0.3 is 25.8 Å². The number of nitrogens with two attached hydrogens (primary N) is 1. The van der Waals surface area contributed by atoms with E-state index in [2.05, 4.69) is 20.6 Å². The fourth-order valence-electron chi connectivity index (χ4n) is 2.98. The number of benzene rings is 2. The number of nitrogens with zero attached hydrogens (tertiary/aromatic N) is 2. The zero-order valence-electron chi connectivity index (χ0n) is 17.0. The van der Waals surface area contributed by atoms with Crippen molar-refractivity contribution < 1.29 is 19.1 Å². The third-order valence-electron chi connectivity index (χ3n) is 4.46. The highest BCUT2D eigenvalue weighted by Gasteiger charge is 2.11. The maximum Gasteiger partial charge on any atom is 0.323 e. The first-order valence-corrected chi connectivity index (χ1v) is 9.57. The second-order valence-corrected chi connectivity index (χ2v) is 6.68. The Labute approximate surface area is 183 Å². The van der Waals surface area contributed by atoms with E-state index in [4.69, 9.17) is 15.2 Å². The molecule has 0 unspecified atom stereocenters. The molecule has 0 aliphatic carbocycles. The second kappa shape index (κ2) is 9.00. The number of carbonyl (C=O) groups excluding carboxylic acids is 2. The van der Waals surface area contributed by atoms with Crippen molar-refractivity contribution in [2.45, 2.75) is 0 Å². The molecule has 2 heterocycles. The van der Waals surface area contributed by atoms with E-state index in [0.717, 1.165) is 10.9 Å². The van der Waals surface area contributed by atoms with Gasteiger partial charge in [-0.2, -0.15) is 0 Å². The minimum atomic E-state index is -0.640. The number of fused-ring (bicyclic) bond motifs is 1. The summed E-state index contributed by atoms with van der Waals surface area (Å²) in [5.74, 6) is 0.607. The standard InChI is InChI=1S/C23H19N5O4/c1-31-22-20(12-14-4-2-3-5-18(14)27-22)28-23(30)26-15-6-8-16(9-7-15)32-17-10-11-25-19(13-17)21(24)29/h2-13H,1H3,(H2,24,29)(H2,26,28,30). The van der Waals surface area contributed by atoms with Crippen LogP contribution in [0.5, 0.6) is 17.4 Å². The van der Waals surface area contributed by atoms with Crippen molar-refractivity contribution in [3.05, 3.63) is 78.6 Å². The van der Waals surface area contributed by atoms with E-state index in [-0.39, 0.29) is 5.69 Å². The van der Waals surface area contributed by atoms with Crippen LogP contribution in [0.1, 0.15) is 10.5 Å². The molecule has 0 atom stereocenters. The third kappa shape index (κ3) is 4.73. The number of primary amides is 1. The highest BCUT2D eigenvalue weighted by molar-refractivity contribution is 6.01. The zero-order valence-corrected chi connectivity index (χ0v) is 17.0. The SMILES string of the molecule is COc1nc2ccccc2cc1NC(=O)Nc1ccc(Oc2ccnc(C(N)=O)c2)cc1. The predicted octanol–water partition coefficient (Wildman–Crippen LogP) is 4.17. The first-order chi connectivity index (χ1) is 15.5. The monoisotopic (exact) mass is 429 g/mol. The van der Waals surface area contributed by atoms with Gasteiger partial charge >= 0.3 is 6.03 Å². The number of ether oxygens (including phenoxy) is 2. The molecule has 3 amide bonds. The van der Waals surface area contributed by atoms with Crippen LogP contribution in [0.3, 0.4) is 0 Å². The minimum absolute atomic E-state index is 0.107. The molecule has 2 aromatic carbocycles. The average Bonchev–Trinajstić information content (AvgIpc) is 2.80. The van der Waals surface area contributed by atoms with Crippen LogP contribution in [0, 0.1) is 0 Å². The van der Waals surface area contributed by atoms with Crippen LogP contribution in [0.4, 0.5) is 16.2 Å². The summed E-state index contributed by atoms with van der Waals surface area (Å²) >= 11 is 0. The number of aromatic nitrogens is 2. The maximum absolute atomic E-state index is 12.5. The fraction of sp³-hybridized carbons (Fsp3) is 0.0435. The molecule has 0 spiro atoms. The van der Waals surface area contributed by atoms with Gasteiger partial charge in [-0.25, -0.2) is 9.78 Å². The Kier molecular flexibility index (Phi) is 5.80. The minimum Gasteiger partial charge on any atom is -0.479 e. The Bertz CT molecular complexity index is 1290. The van der Waals surface area contributed by atoms with E-state index < -0.39 is 11.9 Å². The number of pyridine rings is 2. The summed E-state index contributed by atoms with van der Waals surface area (Å²) in [5, 5.41) is 6.37. The lowest BCUT2D eigenvalue weighted by Gasteiger charge is -2.12. The molecule has 4 aromatic rings. The van der Waals surface area contributed by atoms with Crippen LogP contribution in [0.25, 0.3) is 10.9 Å². The number of hydrogen-bond acceptors (Lipinski definition) is 6. The Morgan fingerprint density at radius 1 is 0.938 bits per heavy atom. The number of methoxy groups -OCH3 is 1. The molecule has 0 aliphatic heterocycles. The van der Waals surface area contributed by atoms with Crippen LogP contribution in [0.2, 0.25) is 0 Å². The van der Waals surface area contributed by atoms with Gasteiger partial charge in [-0.05, 0) is 42.5 Å². The first-order valence-electron chi connectivity index (χ1n) is 9.57. The fourth-order valence-corrected chi connectivity index (χ4v) is 2.98. The molecule has 0 bridgehead atoms. The topological polar surface area (TPSA) is 128 Å². The molecule has 0 saturated carbocycles. The molecule has 0 radical (unpaired) electrons. The van der Waals surface area contributed by atoms with Gasteiger partial charge in [0.25, 0.3) is 5.91 Å². The van der Waals surface area contributed by atoms with Crippen LogP contribution in [-0.2, 0) is 0 Å². The Morgan fingerprint density at radius 2 is 1.72 bits per heavy atom. The summed E-state index contributed by atoms with van der Waals surface area (Å²) in [4.78, 5) is 32.0. The zero-order chi connectivity index (χ0) is 22.5. The van der Waals surface area contributed by atoms with Crippen molar-refractivity contribution in [2.24, 2.45) is 5.73 Å². The summed E-state index contributed by atoms with van der Waals surface area (Å²) in [7, 11) is 1.49. The number of rotatable bonds is 6. The molecular formula is C23H19N5O4. The molecule has 0 saturated heterocycles. The van der Waals surface area contributed by atoms with E-state index in [1.165, 1.54) is 19.4 Å².